The van der Waals surface area contributed by atoms with Crippen LogP contribution in [0.25, 0.3) is 0 Å². The van der Waals surface area contributed by atoms with Crippen molar-refractivity contribution in [3.63, 3.8) is 0 Å². The summed E-state index contributed by atoms with van der Waals surface area (Å²) >= 11 is 0. The zero-order valence-corrected chi connectivity index (χ0v) is 14.2. The molecule has 24 heavy (non-hydrogen) atoms. The predicted octanol–water partition coefficient (Wildman–Crippen LogP) is 1.76. The molecule has 0 spiro atoms. The van der Waals surface area contributed by atoms with E-state index in [4.69, 9.17) is 4.42 Å². The van der Waals surface area contributed by atoms with E-state index in [9.17, 15) is 0 Å². The fourth-order valence-corrected chi connectivity index (χ4v) is 4.05. The minimum atomic E-state index is 0.529. The molecule has 0 aromatic carbocycles. The monoisotopic (exact) mass is 325 g/mol. The van der Waals surface area contributed by atoms with Crippen LogP contribution in [0.3, 0.4) is 0 Å². The molecule has 0 radical (unpaired) electrons. The molecule has 1 aliphatic heterocycles. The fourth-order valence-electron chi connectivity index (χ4n) is 4.05. The van der Waals surface area contributed by atoms with E-state index in [0.29, 0.717) is 6.04 Å². The Bertz CT molecular complexity index is 743. The minimum Gasteiger partial charge on any atom is -0.444 e. The molecule has 0 N–H and O–H groups in total. The van der Waals surface area contributed by atoms with E-state index in [2.05, 4.69) is 38.1 Å². The van der Waals surface area contributed by atoms with Gasteiger partial charge in [0.25, 0.3) is 0 Å². The van der Waals surface area contributed by atoms with Crippen molar-refractivity contribution < 1.29 is 4.42 Å². The van der Waals surface area contributed by atoms with Gasteiger partial charge in [-0.25, -0.2) is 4.98 Å². The maximum atomic E-state index is 5.89. The summed E-state index contributed by atoms with van der Waals surface area (Å²) in [5, 5.41) is 8.81. The number of rotatable bonds is 4. The first-order valence-corrected chi connectivity index (χ1v) is 9.04. The molecular weight excluding hydrogens is 302 g/mol. The molecule has 3 heterocycles. The summed E-state index contributed by atoms with van der Waals surface area (Å²) in [5.41, 5.74) is 3.78. The SMILES string of the molecule is CN(Cc1nc2c(o1)CCC2)C1CN(c2cc3c(nn2)CCC3)C1. The summed E-state index contributed by atoms with van der Waals surface area (Å²) in [5.74, 6) is 3.02. The second-order valence-corrected chi connectivity index (χ2v) is 7.33. The molecule has 0 unspecified atom stereocenters. The maximum absolute atomic E-state index is 5.89. The van der Waals surface area contributed by atoms with Crippen LogP contribution >= 0.6 is 0 Å². The third-order valence-electron chi connectivity index (χ3n) is 5.64. The Balaban J connectivity index is 1.19. The largest absolute Gasteiger partial charge is 0.444 e. The van der Waals surface area contributed by atoms with Crippen LogP contribution in [-0.2, 0) is 32.2 Å². The summed E-state index contributed by atoms with van der Waals surface area (Å²) in [4.78, 5) is 9.31. The first-order valence-electron chi connectivity index (χ1n) is 9.04. The van der Waals surface area contributed by atoms with Gasteiger partial charge < -0.3 is 9.32 Å². The van der Waals surface area contributed by atoms with Crippen LogP contribution in [0.2, 0.25) is 0 Å². The van der Waals surface area contributed by atoms with Gasteiger partial charge in [0.15, 0.2) is 5.82 Å². The molecule has 1 saturated heterocycles. The lowest BCUT2D eigenvalue weighted by molar-refractivity contribution is 0.179. The molecule has 0 atom stereocenters. The number of fused-ring (bicyclic) bond motifs is 2. The summed E-state index contributed by atoms with van der Waals surface area (Å²) in [6.07, 6.45) is 6.80. The summed E-state index contributed by atoms with van der Waals surface area (Å²) < 4.78 is 5.89. The average Bonchev–Trinajstić information content (AvgIpc) is 3.19. The minimum absolute atomic E-state index is 0.529. The number of anilines is 1. The van der Waals surface area contributed by atoms with Gasteiger partial charge in [0, 0.05) is 25.6 Å². The molecule has 2 aromatic rings. The number of aryl methyl sites for hydroxylation is 4. The van der Waals surface area contributed by atoms with Gasteiger partial charge in [-0.3, -0.25) is 4.90 Å². The van der Waals surface area contributed by atoms with E-state index >= 15 is 0 Å². The van der Waals surface area contributed by atoms with Gasteiger partial charge in [-0.15, -0.1) is 5.10 Å². The van der Waals surface area contributed by atoms with Crippen molar-refractivity contribution in [1.29, 1.82) is 0 Å². The van der Waals surface area contributed by atoms with Crippen LogP contribution in [0.1, 0.15) is 41.4 Å². The molecule has 3 aliphatic rings. The first kappa shape index (κ1) is 14.4. The van der Waals surface area contributed by atoms with Gasteiger partial charge in [-0.2, -0.15) is 5.10 Å². The number of nitrogens with zero attached hydrogens (tertiary/aromatic N) is 5. The van der Waals surface area contributed by atoms with Crippen molar-refractivity contribution in [3.05, 3.63) is 34.7 Å². The summed E-state index contributed by atoms with van der Waals surface area (Å²) in [6.45, 7) is 2.80. The van der Waals surface area contributed by atoms with E-state index < -0.39 is 0 Å². The zero-order valence-electron chi connectivity index (χ0n) is 14.2. The molecule has 2 aliphatic carbocycles. The second-order valence-electron chi connectivity index (χ2n) is 7.33. The Kier molecular flexibility index (Phi) is 3.33. The lowest BCUT2D eigenvalue weighted by Crippen LogP contribution is -2.58. The van der Waals surface area contributed by atoms with E-state index in [1.54, 1.807) is 0 Å². The van der Waals surface area contributed by atoms with Crippen LogP contribution in [0.4, 0.5) is 5.82 Å². The van der Waals surface area contributed by atoms with Crippen molar-refractivity contribution >= 4 is 5.82 Å². The van der Waals surface area contributed by atoms with E-state index in [1.807, 2.05) is 0 Å². The molecule has 6 heteroatoms. The van der Waals surface area contributed by atoms with Crippen LogP contribution in [0.15, 0.2) is 10.5 Å². The number of aromatic nitrogens is 3. The standard InChI is InChI=1S/C18H23N5O/c1-22(11-18-19-15-6-3-7-16(15)24-18)13-9-23(10-13)17-8-12-4-2-5-14(12)20-21-17/h8,13H,2-7,9-11H2,1H3. The molecule has 5 rings (SSSR count). The Morgan fingerprint density at radius 3 is 2.83 bits per heavy atom. The van der Waals surface area contributed by atoms with Gasteiger partial charge >= 0.3 is 0 Å². The van der Waals surface area contributed by atoms with Crippen molar-refractivity contribution in [2.24, 2.45) is 0 Å². The highest BCUT2D eigenvalue weighted by Gasteiger charge is 2.32. The Labute approximate surface area is 141 Å². The van der Waals surface area contributed by atoms with Gasteiger partial charge in [-0.05, 0) is 50.8 Å². The van der Waals surface area contributed by atoms with E-state index in [0.717, 1.165) is 62.8 Å². The third-order valence-corrected chi connectivity index (χ3v) is 5.64. The van der Waals surface area contributed by atoms with Crippen LogP contribution < -0.4 is 4.90 Å². The van der Waals surface area contributed by atoms with Crippen molar-refractivity contribution in [1.82, 2.24) is 20.1 Å². The van der Waals surface area contributed by atoms with Crippen molar-refractivity contribution in [3.8, 4) is 0 Å². The third kappa shape index (κ3) is 2.40. The number of hydrogen-bond donors (Lipinski definition) is 0. The quantitative estimate of drug-likeness (QED) is 0.854. The molecule has 0 bridgehead atoms. The topological polar surface area (TPSA) is 58.3 Å². The maximum Gasteiger partial charge on any atom is 0.208 e. The normalized spacial score (nSPS) is 19.7. The van der Waals surface area contributed by atoms with Crippen LogP contribution in [-0.4, -0.2) is 46.3 Å². The van der Waals surface area contributed by atoms with E-state index in [-0.39, 0.29) is 0 Å². The summed E-state index contributed by atoms with van der Waals surface area (Å²) in [6, 6.07) is 2.77. The average molecular weight is 325 g/mol. The van der Waals surface area contributed by atoms with Crippen molar-refractivity contribution in [2.45, 2.75) is 51.1 Å². The van der Waals surface area contributed by atoms with Crippen LogP contribution in [0, 0.1) is 0 Å². The Morgan fingerprint density at radius 1 is 1.12 bits per heavy atom. The Morgan fingerprint density at radius 2 is 1.96 bits per heavy atom. The molecule has 0 saturated carbocycles. The zero-order chi connectivity index (χ0) is 16.1. The molecule has 2 aromatic heterocycles. The lowest BCUT2D eigenvalue weighted by atomic mass is 10.1. The number of likely N-dealkylation sites (N-methyl/N-ethyl adjacent to an activating group) is 1. The van der Waals surface area contributed by atoms with Gasteiger partial charge in [-0.1, -0.05) is 0 Å². The lowest BCUT2D eigenvalue weighted by Gasteiger charge is -2.44. The smallest absolute Gasteiger partial charge is 0.208 e. The van der Waals surface area contributed by atoms with Gasteiger partial charge in [0.1, 0.15) is 5.76 Å². The molecule has 1 fully saturated rings. The molecule has 0 amide bonds. The molecule has 6 nitrogen and oxygen atoms in total. The van der Waals surface area contributed by atoms with E-state index in [1.165, 1.54) is 29.8 Å². The highest BCUT2D eigenvalue weighted by Crippen LogP contribution is 2.27. The number of hydrogen-bond acceptors (Lipinski definition) is 6. The van der Waals surface area contributed by atoms with Crippen molar-refractivity contribution in [2.75, 3.05) is 25.0 Å². The Hall–Kier alpha value is -1.95. The predicted molar refractivity (Wildman–Crippen MR) is 90.1 cm³/mol. The van der Waals surface area contributed by atoms with Crippen LogP contribution in [0.5, 0.6) is 0 Å². The highest BCUT2D eigenvalue weighted by atomic mass is 16.4. The van der Waals surface area contributed by atoms with Gasteiger partial charge in [0.05, 0.1) is 17.9 Å². The molecular formula is C18H23N5O. The first-order chi connectivity index (χ1) is 11.8. The number of oxazole rings is 1. The fraction of sp³-hybridized carbons (Fsp3) is 0.611. The second kappa shape index (κ2) is 5.55. The highest BCUT2D eigenvalue weighted by molar-refractivity contribution is 5.45. The van der Waals surface area contributed by atoms with Gasteiger partial charge in [0.2, 0.25) is 5.89 Å². The summed E-state index contributed by atoms with van der Waals surface area (Å²) in [7, 11) is 2.16. The molecule has 126 valence electrons.